The Balaban J connectivity index is 2.06. The number of carboxylic acid groups (broad SMARTS) is 1. The number of aliphatic carboxylic acids is 1. The summed E-state index contributed by atoms with van der Waals surface area (Å²) in [6, 6.07) is 5.73. The Morgan fingerprint density at radius 2 is 2.32 bits per heavy atom. The number of nitrogens with zero attached hydrogens (tertiary/aromatic N) is 1. The largest absolute Gasteiger partial charge is 0.495 e. The molecule has 1 aliphatic heterocycles. The Kier molecular flexibility index (Phi) is 4.32. The van der Waals surface area contributed by atoms with Crippen LogP contribution in [0.5, 0.6) is 5.75 Å². The minimum Gasteiger partial charge on any atom is -0.495 e. The highest BCUT2D eigenvalue weighted by Crippen LogP contribution is 2.29. The van der Waals surface area contributed by atoms with Crippen molar-refractivity contribution in [3.8, 4) is 5.75 Å². The van der Waals surface area contributed by atoms with Gasteiger partial charge in [-0.2, -0.15) is 0 Å². The van der Waals surface area contributed by atoms with Crippen LogP contribution in [-0.4, -0.2) is 35.7 Å². The van der Waals surface area contributed by atoms with Crippen LogP contribution in [0.4, 0.5) is 0 Å². The number of carboxylic acids is 1. The second-order valence-corrected chi connectivity index (χ2v) is 5.32. The topological polar surface area (TPSA) is 49.8 Å². The van der Waals surface area contributed by atoms with Crippen LogP contribution in [-0.2, 0) is 11.3 Å². The molecule has 0 amide bonds. The van der Waals surface area contributed by atoms with E-state index < -0.39 is 5.97 Å². The van der Waals surface area contributed by atoms with Gasteiger partial charge < -0.3 is 9.84 Å². The van der Waals surface area contributed by atoms with Crippen LogP contribution in [0.3, 0.4) is 0 Å². The molecule has 0 bridgehead atoms. The van der Waals surface area contributed by atoms with Gasteiger partial charge in [0.2, 0.25) is 0 Å². The zero-order valence-corrected chi connectivity index (χ0v) is 11.9. The van der Waals surface area contributed by atoms with Gasteiger partial charge in [0.05, 0.1) is 18.1 Å². The van der Waals surface area contributed by atoms with Crippen LogP contribution in [0.2, 0.25) is 5.02 Å². The number of ether oxygens (including phenoxy) is 1. The molecule has 2 rings (SSSR count). The van der Waals surface area contributed by atoms with Crippen molar-refractivity contribution >= 4 is 17.6 Å². The molecule has 1 fully saturated rings. The number of rotatable bonds is 4. The van der Waals surface area contributed by atoms with Gasteiger partial charge in [-0.1, -0.05) is 17.7 Å². The molecule has 104 valence electrons. The van der Waals surface area contributed by atoms with Gasteiger partial charge in [0.25, 0.3) is 0 Å². The van der Waals surface area contributed by atoms with Crippen LogP contribution >= 0.6 is 11.6 Å². The second-order valence-electron chi connectivity index (χ2n) is 4.91. The fourth-order valence-corrected chi connectivity index (χ4v) is 2.88. The number of carbonyl (C=O) groups is 1. The molecule has 1 aromatic rings. The van der Waals surface area contributed by atoms with Gasteiger partial charge >= 0.3 is 5.97 Å². The van der Waals surface area contributed by atoms with E-state index in [9.17, 15) is 4.79 Å². The van der Waals surface area contributed by atoms with Gasteiger partial charge in [-0.15, -0.1) is 0 Å². The maximum Gasteiger partial charge on any atom is 0.308 e. The van der Waals surface area contributed by atoms with E-state index in [-0.39, 0.29) is 12.0 Å². The van der Waals surface area contributed by atoms with Crippen molar-refractivity contribution < 1.29 is 14.6 Å². The van der Waals surface area contributed by atoms with Crippen molar-refractivity contribution in [3.63, 3.8) is 0 Å². The van der Waals surface area contributed by atoms with Crippen LogP contribution in [0.15, 0.2) is 18.2 Å². The van der Waals surface area contributed by atoms with Crippen molar-refractivity contribution in [2.24, 2.45) is 5.92 Å². The molecular weight excluding hydrogens is 266 g/mol. The van der Waals surface area contributed by atoms with E-state index in [4.69, 9.17) is 21.4 Å². The zero-order chi connectivity index (χ0) is 14.0. The summed E-state index contributed by atoms with van der Waals surface area (Å²) >= 11 is 6.09. The zero-order valence-electron chi connectivity index (χ0n) is 11.1. The van der Waals surface area contributed by atoms with Crippen LogP contribution in [0, 0.1) is 5.92 Å². The molecule has 1 aliphatic rings. The molecule has 0 aromatic heterocycles. The molecule has 0 radical (unpaired) electrons. The molecule has 1 aromatic carbocycles. The lowest BCUT2D eigenvalue weighted by atomic mass is 10.0. The molecular formula is C14H18ClNO3. The summed E-state index contributed by atoms with van der Waals surface area (Å²) in [7, 11) is 1.58. The second kappa shape index (κ2) is 5.80. The molecule has 2 unspecified atom stereocenters. The lowest BCUT2D eigenvalue weighted by Crippen LogP contribution is -2.32. The summed E-state index contributed by atoms with van der Waals surface area (Å²) in [5.74, 6) is -0.320. The molecule has 19 heavy (non-hydrogen) atoms. The highest BCUT2D eigenvalue weighted by Gasteiger charge is 2.35. The molecule has 0 spiro atoms. The summed E-state index contributed by atoms with van der Waals surface area (Å²) in [4.78, 5) is 13.3. The summed E-state index contributed by atoms with van der Waals surface area (Å²) in [6.07, 6.45) is 0.709. The minimum absolute atomic E-state index is 0.0541. The lowest BCUT2D eigenvalue weighted by Gasteiger charge is -2.23. The number of hydrogen-bond acceptors (Lipinski definition) is 3. The van der Waals surface area contributed by atoms with Crippen molar-refractivity contribution in [2.75, 3.05) is 13.7 Å². The molecule has 0 saturated carbocycles. The summed E-state index contributed by atoms with van der Waals surface area (Å²) in [5.41, 5.74) is 1.07. The fraction of sp³-hybridized carbons (Fsp3) is 0.500. The average Bonchev–Trinajstić information content (AvgIpc) is 2.71. The van der Waals surface area contributed by atoms with Crippen LogP contribution in [0.25, 0.3) is 0 Å². The molecule has 1 N–H and O–H groups in total. The Morgan fingerprint density at radius 3 is 2.84 bits per heavy atom. The molecule has 5 heteroatoms. The SMILES string of the molecule is COc1ccc(CN2CCC(C(=O)O)C2C)cc1Cl. The standard InChI is InChI=1S/C14H18ClNO3/c1-9-11(14(17)18)5-6-16(9)8-10-3-4-13(19-2)12(15)7-10/h3-4,7,9,11H,5-6,8H2,1-2H3,(H,17,18). The summed E-state index contributed by atoms with van der Waals surface area (Å²) < 4.78 is 5.12. The summed E-state index contributed by atoms with van der Waals surface area (Å²) in [6.45, 7) is 3.49. The molecule has 2 atom stereocenters. The number of benzene rings is 1. The Hall–Kier alpha value is -1.26. The van der Waals surface area contributed by atoms with Crippen LogP contribution < -0.4 is 4.74 Å². The number of hydrogen-bond donors (Lipinski definition) is 1. The third-order valence-electron chi connectivity index (χ3n) is 3.80. The molecule has 0 aliphatic carbocycles. The highest BCUT2D eigenvalue weighted by molar-refractivity contribution is 6.32. The number of likely N-dealkylation sites (tertiary alicyclic amines) is 1. The van der Waals surface area contributed by atoms with E-state index in [1.54, 1.807) is 7.11 Å². The fourth-order valence-electron chi connectivity index (χ4n) is 2.60. The third kappa shape index (κ3) is 3.01. The smallest absolute Gasteiger partial charge is 0.308 e. The average molecular weight is 284 g/mol. The van der Waals surface area contributed by atoms with Crippen molar-refractivity contribution in [1.82, 2.24) is 4.90 Å². The van der Waals surface area contributed by atoms with E-state index in [0.29, 0.717) is 23.7 Å². The van der Waals surface area contributed by atoms with E-state index in [2.05, 4.69) is 4.90 Å². The normalized spacial score (nSPS) is 23.5. The lowest BCUT2D eigenvalue weighted by molar-refractivity contribution is -0.142. The quantitative estimate of drug-likeness (QED) is 0.923. The van der Waals surface area contributed by atoms with Crippen LogP contribution in [0.1, 0.15) is 18.9 Å². The maximum absolute atomic E-state index is 11.1. The van der Waals surface area contributed by atoms with E-state index in [0.717, 1.165) is 12.1 Å². The maximum atomic E-state index is 11.1. The first kappa shape index (κ1) is 14.2. The van der Waals surface area contributed by atoms with Crippen molar-refractivity contribution in [3.05, 3.63) is 28.8 Å². The van der Waals surface area contributed by atoms with Crippen molar-refractivity contribution in [1.29, 1.82) is 0 Å². The Labute approximate surface area is 117 Å². The van der Waals surface area contributed by atoms with Gasteiger partial charge in [0.1, 0.15) is 5.75 Å². The van der Waals surface area contributed by atoms with Gasteiger partial charge in [-0.3, -0.25) is 9.69 Å². The van der Waals surface area contributed by atoms with Gasteiger partial charge in [0.15, 0.2) is 0 Å². The van der Waals surface area contributed by atoms with Gasteiger partial charge in [0, 0.05) is 12.6 Å². The Bertz CT molecular complexity index is 478. The third-order valence-corrected chi connectivity index (χ3v) is 4.10. The van der Waals surface area contributed by atoms with Gasteiger partial charge in [-0.25, -0.2) is 0 Å². The predicted octanol–water partition coefficient (Wildman–Crippen LogP) is 2.64. The van der Waals surface area contributed by atoms with Gasteiger partial charge in [-0.05, 0) is 37.6 Å². The highest BCUT2D eigenvalue weighted by atomic mass is 35.5. The number of halogens is 1. The van der Waals surface area contributed by atoms with E-state index in [1.807, 2.05) is 25.1 Å². The monoisotopic (exact) mass is 283 g/mol. The minimum atomic E-state index is -0.706. The van der Waals surface area contributed by atoms with Crippen molar-refractivity contribution in [2.45, 2.75) is 25.9 Å². The molecule has 1 heterocycles. The van der Waals surface area contributed by atoms with E-state index in [1.165, 1.54) is 0 Å². The first-order valence-electron chi connectivity index (χ1n) is 6.32. The summed E-state index contributed by atoms with van der Waals surface area (Å²) in [5, 5.41) is 9.70. The Morgan fingerprint density at radius 1 is 1.58 bits per heavy atom. The molecule has 4 nitrogen and oxygen atoms in total. The predicted molar refractivity (Wildman–Crippen MR) is 73.6 cm³/mol. The molecule has 1 saturated heterocycles. The first-order valence-corrected chi connectivity index (χ1v) is 6.70. The van der Waals surface area contributed by atoms with E-state index >= 15 is 0 Å². The number of methoxy groups -OCH3 is 1. The first-order chi connectivity index (χ1) is 9.02.